The molecule has 112 valence electrons. The van der Waals surface area contributed by atoms with Gasteiger partial charge in [0.15, 0.2) is 0 Å². The molecule has 0 aliphatic heterocycles. The van der Waals surface area contributed by atoms with Gasteiger partial charge in [-0.25, -0.2) is 8.42 Å². The second kappa shape index (κ2) is 6.24. The molecule has 1 fully saturated rings. The Kier molecular flexibility index (Phi) is 4.83. The van der Waals surface area contributed by atoms with E-state index in [-0.39, 0.29) is 18.4 Å². The predicted octanol–water partition coefficient (Wildman–Crippen LogP) is 1.58. The molecule has 1 aromatic rings. The number of aliphatic hydroxyl groups is 1. The maximum absolute atomic E-state index is 11.5. The molecule has 1 aliphatic carbocycles. The number of rotatable bonds is 7. The van der Waals surface area contributed by atoms with E-state index >= 15 is 0 Å². The lowest BCUT2D eigenvalue weighted by molar-refractivity contribution is 0.204. The van der Waals surface area contributed by atoms with Crippen LogP contribution in [0.25, 0.3) is 0 Å². The second-order valence-corrected chi connectivity index (χ2v) is 8.00. The molecular formula is C15H23NO3S. The highest BCUT2D eigenvalue weighted by Crippen LogP contribution is 2.30. The van der Waals surface area contributed by atoms with Crippen molar-refractivity contribution in [3.8, 4) is 0 Å². The Morgan fingerprint density at radius 3 is 2.25 bits per heavy atom. The van der Waals surface area contributed by atoms with E-state index in [1.807, 2.05) is 31.2 Å². The summed E-state index contributed by atoms with van der Waals surface area (Å²) in [7, 11) is -2.95. The van der Waals surface area contributed by atoms with Crippen LogP contribution in [-0.4, -0.2) is 42.5 Å². The van der Waals surface area contributed by atoms with Gasteiger partial charge < -0.3 is 5.11 Å². The highest BCUT2D eigenvalue weighted by Gasteiger charge is 2.33. The number of benzene rings is 1. The van der Waals surface area contributed by atoms with E-state index < -0.39 is 9.84 Å². The summed E-state index contributed by atoms with van der Waals surface area (Å²) in [6.45, 7) is 2.81. The van der Waals surface area contributed by atoms with E-state index in [4.69, 9.17) is 5.11 Å². The molecule has 0 aromatic heterocycles. The summed E-state index contributed by atoms with van der Waals surface area (Å²) in [4.78, 5) is 2.29. The molecule has 0 saturated heterocycles. The Bertz CT molecular complexity index is 535. The van der Waals surface area contributed by atoms with Crippen LogP contribution in [0.2, 0.25) is 0 Å². The Hall–Kier alpha value is -0.910. The molecule has 5 heteroatoms. The summed E-state index contributed by atoms with van der Waals surface area (Å²) < 4.78 is 22.9. The van der Waals surface area contributed by atoms with Crippen molar-refractivity contribution < 1.29 is 13.5 Å². The molecule has 0 amide bonds. The Morgan fingerprint density at radius 2 is 1.80 bits per heavy atom. The Labute approximate surface area is 121 Å². The maximum atomic E-state index is 11.5. The average molecular weight is 297 g/mol. The zero-order valence-electron chi connectivity index (χ0n) is 12.1. The number of aliphatic hydroxyl groups excluding tert-OH is 1. The van der Waals surface area contributed by atoms with Crippen molar-refractivity contribution in [3.63, 3.8) is 0 Å². The van der Waals surface area contributed by atoms with Gasteiger partial charge in [-0.15, -0.1) is 0 Å². The molecular weight excluding hydrogens is 274 g/mol. The van der Waals surface area contributed by atoms with Gasteiger partial charge in [-0.3, -0.25) is 4.90 Å². The van der Waals surface area contributed by atoms with E-state index in [1.165, 1.54) is 6.26 Å². The van der Waals surface area contributed by atoms with E-state index in [1.54, 1.807) is 0 Å². The van der Waals surface area contributed by atoms with E-state index in [2.05, 4.69) is 4.90 Å². The third-order valence-electron chi connectivity index (χ3n) is 3.70. The molecule has 1 N–H and O–H groups in total. The lowest BCUT2D eigenvalue weighted by Crippen LogP contribution is -2.39. The monoisotopic (exact) mass is 297 g/mol. The minimum Gasteiger partial charge on any atom is -0.392 e. The highest BCUT2D eigenvalue weighted by molar-refractivity contribution is 7.90. The predicted molar refractivity (Wildman–Crippen MR) is 80.1 cm³/mol. The zero-order valence-corrected chi connectivity index (χ0v) is 12.9. The van der Waals surface area contributed by atoms with Gasteiger partial charge in [0.25, 0.3) is 0 Å². The topological polar surface area (TPSA) is 57.6 Å². The molecule has 0 radical (unpaired) electrons. The Morgan fingerprint density at radius 1 is 1.25 bits per heavy atom. The first kappa shape index (κ1) is 15.5. The molecule has 1 saturated carbocycles. The van der Waals surface area contributed by atoms with Gasteiger partial charge in [0.1, 0.15) is 9.84 Å². The normalized spacial score (nSPS) is 17.4. The van der Waals surface area contributed by atoms with E-state index in [9.17, 15) is 8.42 Å². The van der Waals surface area contributed by atoms with Gasteiger partial charge in [0, 0.05) is 24.9 Å². The van der Waals surface area contributed by atoms with Crippen LogP contribution in [0.4, 0.5) is 0 Å². The smallest absolute Gasteiger partial charge is 0.148 e. The first-order chi connectivity index (χ1) is 9.39. The number of nitrogens with zero attached hydrogens (tertiary/aromatic N) is 1. The van der Waals surface area contributed by atoms with Gasteiger partial charge in [-0.2, -0.15) is 0 Å². The summed E-state index contributed by atoms with van der Waals surface area (Å²) in [5.74, 6) is 0.207. The molecule has 20 heavy (non-hydrogen) atoms. The highest BCUT2D eigenvalue weighted by atomic mass is 32.2. The zero-order chi connectivity index (χ0) is 14.8. The molecule has 1 atom stereocenters. The largest absolute Gasteiger partial charge is 0.392 e. The summed E-state index contributed by atoms with van der Waals surface area (Å²) in [6.07, 6.45) is 3.61. The standard InChI is InChI=1S/C15H23NO3S/c1-12(11-20(2,18)19)16(15-7-8-15)9-13-3-5-14(10-17)6-4-13/h3-6,12,15,17H,7-11H2,1-2H3. The summed E-state index contributed by atoms with van der Waals surface area (Å²) in [6, 6.07) is 8.41. The van der Waals surface area contributed by atoms with Crippen molar-refractivity contribution in [2.45, 2.75) is 45.0 Å². The fourth-order valence-electron chi connectivity index (χ4n) is 2.55. The van der Waals surface area contributed by atoms with Crippen LogP contribution in [0.1, 0.15) is 30.9 Å². The van der Waals surface area contributed by atoms with Crippen molar-refractivity contribution in [2.24, 2.45) is 0 Å². The quantitative estimate of drug-likeness (QED) is 0.830. The van der Waals surface area contributed by atoms with Crippen LogP contribution in [0.5, 0.6) is 0 Å². The lowest BCUT2D eigenvalue weighted by Gasteiger charge is -2.28. The van der Waals surface area contributed by atoms with Crippen LogP contribution in [-0.2, 0) is 23.0 Å². The summed E-state index contributed by atoms with van der Waals surface area (Å²) in [5.41, 5.74) is 2.06. The van der Waals surface area contributed by atoms with Crippen molar-refractivity contribution in [1.82, 2.24) is 4.90 Å². The molecule has 4 nitrogen and oxygen atoms in total. The SMILES string of the molecule is CC(CS(C)(=O)=O)N(Cc1ccc(CO)cc1)C1CC1. The molecule has 1 unspecified atom stereocenters. The lowest BCUT2D eigenvalue weighted by atomic mass is 10.1. The third kappa shape index (κ3) is 4.58. The van der Waals surface area contributed by atoms with Crippen LogP contribution >= 0.6 is 0 Å². The van der Waals surface area contributed by atoms with Crippen LogP contribution in [0.15, 0.2) is 24.3 Å². The number of hydrogen-bond acceptors (Lipinski definition) is 4. The van der Waals surface area contributed by atoms with Crippen LogP contribution in [0.3, 0.4) is 0 Å². The van der Waals surface area contributed by atoms with Crippen LogP contribution in [0, 0.1) is 0 Å². The molecule has 2 rings (SSSR count). The van der Waals surface area contributed by atoms with Gasteiger partial charge in [0.2, 0.25) is 0 Å². The van der Waals surface area contributed by atoms with Crippen molar-refractivity contribution >= 4 is 9.84 Å². The maximum Gasteiger partial charge on any atom is 0.148 e. The Balaban J connectivity index is 2.05. The fraction of sp³-hybridized carbons (Fsp3) is 0.600. The number of sulfone groups is 1. The second-order valence-electron chi connectivity index (χ2n) is 5.82. The minimum absolute atomic E-state index is 0.0371. The fourth-order valence-corrected chi connectivity index (χ4v) is 3.61. The van der Waals surface area contributed by atoms with Gasteiger partial charge in [-0.05, 0) is 30.9 Å². The van der Waals surface area contributed by atoms with Crippen LogP contribution < -0.4 is 0 Å². The van der Waals surface area contributed by atoms with E-state index in [0.717, 1.165) is 30.5 Å². The van der Waals surface area contributed by atoms with Crippen molar-refractivity contribution in [1.29, 1.82) is 0 Å². The number of hydrogen-bond donors (Lipinski definition) is 1. The minimum atomic E-state index is -2.95. The first-order valence-electron chi connectivity index (χ1n) is 7.01. The molecule has 1 aliphatic rings. The first-order valence-corrected chi connectivity index (χ1v) is 9.07. The molecule has 1 aromatic carbocycles. The van der Waals surface area contributed by atoms with Gasteiger partial charge in [-0.1, -0.05) is 24.3 Å². The summed E-state index contributed by atoms with van der Waals surface area (Å²) in [5, 5.41) is 9.05. The molecule has 0 bridgehead atoms. The van der Waals surface area contributed by atoms with Gasteiger partial charge >= 0.3 is 0 Å². The molecule has 0 heterocycles. The average Bonchev–Trinajstić information content (AvgIpc) is 3.18. The third-order valence-corrected chi connectivity index (χ3v) is 4.78. The van der Waals surface area contributed by atoms with Crippen molar-refractivity contribution in [3.05, 3.63) is 35.4 Å². The summed E-state index contributed by atoms with van der Waals surface area (Å²) >= 11 is 0. The van der Waals surface area contributed by atoms with Gasteiger partial charge in [0.05, 0.1) is 12.4 Å². The molecule has 0 spiro atoms. The van der Waals surface area contributed by atoms with E-state index in [0.29, 0.717) is 6.04 Å². The van der Waals surface area contributed by atoms with Crippen molar-refractivity contribution in [2.75, 3.05) is 12.0 Å².